The Hall–Kier alpha value is -2.75. The van der Waals surface area contributed by atoms with Crippen LogP contribution >= 0.6 is 22.9 Å². The van der Waals surface area contributed by atoms with Gasteiger partial charge < -0.3 is 14.0 Å². The van der Waals surface area contributed by atoms with Gasteiger partial charge in [0, 0.05) is 30.8 Å². The lowest BCUT2D eigenvalue weighted by Crippen LogP contribution is -2.21. The molecule has 0 aliphatic rings. The van der Waals surface area contributed by atoms with Crippen LogP contribution in [0.5, 0.6) is 5.75 Å². The molecule has 3 rings (SSSR count). The SMILES string of the molecule is COCCn1c(=NC(=O)COc2ccc(Cl)cc2)sc2ccc([N+](=O)[O-])cc21. The lowest BCUT2D eigenvalue weighted by atomic mass is 10.3. The smallest absolute Gasteiger partial charge is 0.286 e. The van der Waals surface area contributed by atoms with Crippen LogP contribution in [-0.4, -0.2) is 35.7 Å². The van der Waals surface area contributed by atoms with Crippen molar-refractivity contribution in [2.75, 3.05) is 20.3 Å². The Morgan fingerprint density at radius 1 is 1.29 bits per heavy atom. The van der Waals surface area contributed by atoms with Crippen LogP contribution in [-0.2, 0) is 16.1 Å². The molecule has 0 radical (unpaired) electrons. The first-order chi connectivity index (χ1) is 13.5. The number of benzene rings is 2. The third kappa shape index (κ3) is 4.75. The molecule has 0 N–H and O–H groups in total. The van der Waals surface area contributed by atoms with Gasteiger partial charge in [0.15, 0.2) is 11.4 Å². The molecule has 0 spiro atoms. The molecule has 0 bridgehead atoms. The van der Waals surface area contributed by atoms with Gasteiger partial charge in [-0.3, -0.25) is 14.9 Å². The summed E-state index contributed by atoms with van der Waals surface area (Å²) in [6.07, 6.45) is 0. The minimum absolute atomic E-state index is 0.0274. The second-order valence-electron chi connectivity index (χ2n) is 5.69. The molecule has 10 heteroatoms. The number of nitrogens with zero attached hydrogens (tertiary/aromatic N) is 3. The number of nitro groups is 1. The normalized spacial score (nSPS) is 11.7. The summed E-state index contributed by atoms with van der Waals surface area (Å²) in [6, 6.07) is 11.2. The fourth-order valence-corrected chi connectivity index (χ4v) is 3.65. The maximum absolute atomic E-state index is 12.3. The zero-order valence-electron chi connectivity index (χ0n) is 14.8. The number of amides is 1. The summed E-state index contributed by atoms with van der Waals surface area (Å²) in [5.74, 6) is 0.0364. The molecule has 0 fully saturated rings. The van der Waals surface area contributed by atoms with Crippen LogP contribution < -0.4 is 9.54 Å². The van der Waals surface area contributed by atoms with E-state index in [0.717, 1.165) is 4.70 Å². The lowest BCUT2D eigenvalue weighted by molar-refractivity contribution is -0.384. The predicted octanol–water partition coefficient (Wildman–Crippen LogP) is 3.42. The molecule has 2 aromatic carbocycles. The van der Waals surface area contributed by atoms with Crippen molar-refractivity contribution >= 4 is 44.7 Å². The molecule has 0 unspecified atom stereocenters. The first-order valence-electron chi connectivity index (χ1n) is 8.20. The largest absolute Gasteiger partial charge is 0.484 e. The summed E-state index contributed by atoms with van der Waals surface area (Å²) in [4.78, 5) is 27.4. The molecule has 0 saturated heterocycles. The second-order valence-corrected chi connectivity index (χ2v) is 7.13. The summed E-state index contributed by atoms with van der Waals surface area (Å²) >= 11 is 7.09. The number of carbonyl (C=O) groups excluding carboxylic acids is 1. The Balaban J connectivity index is 1.89. The van der Waals surface area contributed by atoms with Crippen LogP contribution in [0.25, 0.3) is 10.2 Å². The van der Waals surface area contributed by atoms with Gasteiger partial charge in [-0.2, -0.15) is 4.99 Å². The van der Waals surface area contributed by atoms with Gasteiger partial charge in [0.05, 0.1) is 21.7 Å². The molecule has 1 heterocycles. The molecule has 0 atom stereocenters. The van der Waals surface area contributed by atoms with Crippen molar-refractivity contribution in [3.05, 3.63) is 62.4 Å². The monoisotopic (exact) mass is 421 g/mol. The number of non-ortho nitro benzene ring substituents is 1. The Labute approximate surface area is 168 Å². The highest BCUT2D eigenvalue weighted by Gasteiger charge is 2.13. The maximum atomic E-state index is 12.3. The highest BCUT2D eigenvalue weighted by atomic mass is 35.5. The molecular weight excluding hydrogens is 406 g/mol. The average Bonchev–Trinajstić information content (AvgIpc) is 3.01. The fourth-order valence-electron chi connectivity index (χ4n) is 2.47. The van der Waals surface area contributed by atoms with E-state index < -0.39 is 10.8 Å². The number of halogens is 1. The Kier molecular flexibility index (Phi) is 6.40. The highest BCUT2D eigenvalue weighted by molar-refractivity contribution is 7.16. The maximum Gasteiger partial charge on any atom is 0.286 e. The van der Waals surface area contributed by atoms with E-state index in [0.29, 0.717) is 34.2 Å². The summed E-state index contributed by atoms with van der Waals surface area (Å²) in [5.41, 5.74) is 0.599. The van der Waals surface area contributed by atoms with Crippen molar-refractivity contribution in [2.45, 2.75) is 6.54 Å². The molecule has 0 aliphatic carbocycles. The van der Waals surface area contributed by atoms with Crippen molar-refractivity contribution in [1.82, 2.24) is 4.57 Å². The van der Waals surface area contributed by atoms with Crippen molar-refractivity contribution in [3.8, 4) is 5.75 Å². The molecule has 1 amide bonds. The van der Waals surface area contributed by atoms with E-state index in [4.69, 9.17) is 21.1 Å². The van der Waals surface area contributed by atoms with Crippen molar-refractivity contribution in [3.63, 3.8) is 0 Å². The number of ether oxygens (including phenoxy) is 2. The van der Waals surface area contributed by atoms with Crippen molar-refractivity contribution in [2.24, 2.45) is 4.99 Å². The second kappa shape index (κ2) is 8.96. The summed E-state index contributed by atoms with van der Waals surface area (Å²) < 4.78 is 13.0. The minimum atomic E-state index is -0.470. The number of rotatable bonds is 7. The fraction of sp³-hybridized carbons (Fsp3) is 0.222. The van der Waals surface area contributed by atoms with Gasteiger partial charge in [-0.1, -0.05) is 22.9 Å². The summed E-state index contributed by atoms with van der Waals surface area (Å²) in [6.45, 7) is 0.541. The first-order valence-corrected chi connectivity index (χ1v) is 9.40. The molecule has 0 aliphatic heterocycles. The number of carbonyl (C=O) groups is 1. The molecular formula is C18H16ClN3O5S. The third-order valence-corrected chi connectivity index (χ3v) is 5.10. The minimum Gasteiger partial charge on any atom is -0.484 e. The van der Waals surface area contributed by atoms with Crippen LogP contribution in [0.15, 0.2) is 47.5 Å². The van der Waals surface area contributed by atoms with Gasteiger partial charge in [-0.25, -0.2) is 0 Å². The van der Waals surface area contributed by atoms with Crippen LogP contribution in [0.4, 0.5) is 5.69 Å². The van der Waals surface area contributed by atoms with Crippen molar-refractivity contribution < 1.29 is 19.2 Å². The molecule has 28 heavy (non-hydrogen) atoms. The molecule has 3 aromatic rings. The zero-order valence-corrected chi connectivity index (χ0v) is 16.4. The zero-order chi connectivity index (χ0) is 20.1. The molecule has 8 nitrogen and oxygen atoms in total. The van der Waals surface area contributed by atoms with E-state index in [1.54, 1.807) is 42.0 Å². The Bertz CT molecular complexity index is 1080. The highest BCUT2D eigenvalue weighted by Crippen LogP contribution is 2.23. The van der Waals surface area contributed by atoms with E-state index in [2.05, 4.69) is 4.99 Å². The van der Waals surface area contributed by atoms with E-state index >= 15 is 0 Å². The third-order valence-electron chi connectivity index (χ3n) is 3.79. The average molecular weight is 422 g/mol. The number of hydrogen-bond acceptors (Lipinski definition) is 6. The molecule has 146 valence electrons. The predicted molar refractivity (Wildman–Crippen MR) is 106 cm³/mol. The molecule has 0 saturated carbocycles. The van der Waals surface area contributed by atoms with Gasteiger partial charge in [-0.15, -0.1) is 0 Å². The van der Waals surface area contributed by atoms with Crippen LogP contribution in [0.1, 0.15) is 0 Å². The Morgan fingerprint density at radius 2 is 2.04 bits per heavy atom. The summed E-state index contributed by atoms with van der Waals surface area (Å²) in [7, 11) is 1.56. The van der Waals surface area contributed by atoms with E-state index in [1.807, 2.05) is 0 Å². The van der Waals surface area contributed by atoms with Gasteiger partial charge in [0.2, 0.25) is 0 Å². The molecule has 1 aromatic heterocycles. The van der Waals surface area contributed by atoms with Crippen LogP contribution in [0.2, 0.25) is 5.02 Å². The van der Waals surface area contributed by atoms with Crippen LogP contribution in [0, 0.1) is 10.1 Å². The summed E-state index contributed by atoms with van der Waals surface area (Å²) in [5, 5.41) is 11.6. The van der Waals surface area contributed by atoms with Gasteiger partial charge in [0.25, 0.3) is 11.6 Å². The van der Waals surface area contributed by atoms with E-state index in [-0.39, 0.29) is 12.3 Å². The van der Waals surface area contributed by atoms with E-state index in [9.17, 15) is 14.9 Å². The van der Waals surface area contributed by atoms with Gasteiger partial charge >= 0.3 is 0 Å². The number of methoxy groups -OCH3 is 1. The number of aromatic nitrogens is 1. The standard InChI is InChI=1S/C18H16ClN3O5S/c1-26-9-8-21-15-10-13(22(24)25)4-7-16(15)28-18(21)20-17(23)11-27-14-5-2-12(19)3-6-14/h2-7,10H,8-9,11H2,1H3. The topological polar surface area (TPSA) is 96.0 Å². The number of fused-ring (bicyclic) bond motifs is 1. The number of thiazole rings is 1. The van der Waals surface area contributed by atoms with Crippen LogP contribution in [0.3, 0.4) is 0 Å². The van der Waals surface area contributed by atoms with Gasteiger partial charge in [0.1, 0.15) is 5.75 Å². The van der Waals surface area contributed by atoms with Crippen molar-refractivity contribution in [1.29, 1.82) is 0 Å². The van der Waals surface area contributed by atoms with E-state index in [1.165, 1.54) is 23.5 Å². The quantitative estimate of drug-likeness (QED) is 0.430. The number of hydrogen-bond donors (Lipinski definition) is 0. The number of nitro benzene ring substituents is 1. The van der Waals surface area contributed by atoms with Gasteiger partial charge in [-0.05, 0) is 30.3 Å². The lowest BCUT2D eigenvalue weighted by Gasteiger charge is -2.05. The first kappa shape index (κ1) is 20.0. The Morgan fingerprint density at radius 3 is 2.71 bits per heavy atom.